The van der Waals surface area contributed by atoms with Crippen LogP contribution >= 0.6 is 22.7 Å². The first-order valence-corrected chi connectivity index (χ1v) is 8.95. The van der Waals surface area contributed by atoms with Crippen molar-refractivity contribution >= 4 is 22.7 Å². The van der Waals surface area contributed by atoms with Crippen LogP contribution in [0, 0.1) is 0 Å². The molecule has 1 fully saturated rings. The van der Waals surface area contributed by atoms with Gasteiger partial charge in [0, 0.05) is 22.2 Å². The molecule has 1 saturated carbocycles. The van der Waals surface area contributed by atoms with Crippen molar-refractivity contribution in [3.05, 3.63) is 32.9 Å². The highest BCUT2D eigenvalue weighted by Crippen LogP contribution is 2.35. The number of rotatable bonds is 4. The van der Waals surface area contributed by atoms with Crippen molar-refractivity contribution in [2.45, 2.75) is 38.1 Å². The Labute approximate surface area is 130 Å². The van der Waals surface area contributed by atoms with Gasteiger partial charge >= 0.3 is 0 Å². The topological polar surface area (TPSA) is 56.5 Å². The van der Waals surface area contributed by atoms with Gasteiger partial charge in [0.25, 0.3) is 0 Å². The Morgan fingerprint density at radius 1 is 1.24 bits per heavy atom. The van der Waals surface area contributed by atoms with Gasteiger partial charge in [-0.3, -0.25) is 0 Å². The van der Waals surface area contributed by atoms with Crippen LogP contribution in [0.15, 0.2) is 22.2 Å². The fraction of sp³-hybridized carbons (Fsp3) is 0.429. The summed E-state index contributed by atoms with van der Waals surface area (Å²) in [4.78, 5) is 6.38. The van der Waals surface area contributed by atoms with Crippen molar-refractivity contribution in [3.63, 3.8) is 0 Å². The minimum absolute atomic E-state index is 0.598. The molecular weight excluding hydrogens is 302 g/mol. The smallest absolute Gasteiger partial charge is 0.205 e. The fourth-order valence-corrected chi connectivity index (χ4v) is 4.33. The summed E-state index contributed by atoms with van der Waals surface area (Å²) in [6.07, 6.45) is 5.26. The lowest BCUT2D eigenvalue weighted by atomic mass is 10.1. The minimum Gasteiger partial charge on any atom is -0.244 e. The Hall–Kier alpha value is -1.60. The van der Waals surface area contributed by atoms with E-state index in [4.69, 9.17) is 4.98 Å². The number of thiophene rings is 1. The SMILES string of the molecule is c1cc(-c2nnn(Cc3csc(C4CCCC4)n3)n2)cs1. The summed E-state index contributed by atoms with van der Waals surface area (Å²) < 4.78 is 0. The molecule has 21 heavy (non-hydrogen) atoms. The summed E-state index contributed by atoms with van der Waals surface area (Å²) in [5, 5.41) is 20.1. The number of aromatic nitrogens is 5. The van der Waals surface area contributed by atoms with Gasteiger partial charge in [-0.25, -0.2) is 4.98 Å². The Kier molecular flexibility index (Phi) is 3.52. The van der Waals surface area contributed by atoms with Crippen LogP contribution in [-0.4, -0.2) is 25.2 Å². The third-order valence-corrected chi connectivity index (χ3v) is 5.55. The van der Waals surface area contributed by atoms with Crippen molar-refractivity contribution in [2.24, 2.45) is 0 Å². The van der Waals surface area contributed by atoms with Crippen LogP contribution in [0.4, 0.5) is 0 Å². The summed E-state index contributed by atoms with van der Waals surface area (Å²) in [5.74, 6) is 1.36. The lowest BCUT2D eigenvalue weighted by molar-refractivity contribution is 0.564. The quantitative estimate of drug-likeness (QED) is 0.738. The van der Waals surface area contributed by atoms with Crippen LogP contribution in [0.5, 0.6) is 0 Å². The fourth-order valence-electron chi connectivity index (χ4n) is 2.72. The number of nitrogens with zero attached hydrogens (tertiary/aromatic N) is 5. The molecule has 0 bridgehead atoms. The van der Waals surface area contributed by atoms with E-state index in [1.54, 1.807) is 27.5 Å². The normalized spacial score (nSPS) is 15.8. The van der Waals surface area contributed by atoms with Gasteiger partial charge < -0.3 is 0 Å². The zero-order valence-electron chi connectivity index (χ0n) is 11.5. The van der Waals surface area contributed by atoms with E-state index < -0.39 is 0 Å². The lowest BCUT2D eigenvalue weighted by Gasteiger charge is -2.02. The Morgan fingerprint density at radius 3 is 2.95 bits per heavy atom. The van der Waals surface area contributed by atoms with E-state index in [1.165, 1.54) is 30.7 Å². The average molecular weight is 317 g/mol. The predicted octanol–water partition coefficient (Wildman–Crippen LogP) is 3.56. The molecule has 0 atom stereocenters. The van der Waals surface area contributed by atoms with E-state index in [1.807, 2.05) is 16.8 Å². The third-order valence-electron chi connectivity index (χ3n) is 3.81. The Bertz CT molecular complexity index is 709. The van der Waals surface area contributed by atoms with E-state index in [9.17, 15) is 0 Å². The molecule has 0 amide bonds. The summed E-state index contributed by atoms with van der Waals surface area (Å²) in [5.41, 5.74) is 2.06. The maximum atomic E-state index is 4.75. The van der Waals surface area contributed by atoms with Crippen LogP contribution in [0.2, 0.25) is 0 Å². The molecule has 0 unspecified atom stereocenters. The zero-order chi connectivity index (χ0) is 14.1. The molecular formula is C14H15N5S2. The van der Waals surface area contributed by atoms with Crippen molar-refractivity contribution in [1.82, 2.24) is 25.2 Å². The molecule has 0 spiro atoms. The molecule has 108 valence electrons. The highest BCUT2D eigenvalue weighted by Gasteiger charge is 2.20. The molecule has 0 radical (unpaired) electrons. The van der Waals surface area contributed by atoms with E-state index in [2.05, 4.69) is 20.8 Å². The molecule has 0 aromatic carbocycles. The Balaban J connectivity index is 1.48. The second-order valence-electron chi connectivity index (χ2n) is 5.31. The van der Waals surface area contributed by atoms with Gasteiger partial charge in [-0.2, -0.15) is 16.1 Å². The predicted molar refractivity (Wildman–Crippen MR) is 83.6 cm³/mol. The van der Waals surface area contributed by atoms with Crippen LogP contribution in [-0.2, 0) is 6.54 Å². The summed E-state index contributed by atoms with van der Waals surface area (Å²) in [7, 11) is 0. The summed E-state index contributed by atoms with van der Waals surface area (Å²) >= 11 is 3.41. The zero-order valence-corrected chi connectivity index (χ0v) is 13.1. The minimum atomic E-state index is 0.598. The highest BCUT2D eigenvalue weighted by atomic mass is 32.1. The molecule has 3 aromatic heterocycles. The first-order chi connectivity index (χ1) is 10.4. The van der Waals surface area contributed by atoms with Gasteiger partial charge in [-0.1, -0.05) is 12.8 Å². The second-order valence-corrected chi connectivity index (χ2v) is 6.98. The standard InChI is InChI=1S/C14H15N5S2/c1-2-4-10(3-1)14-15-12(9-21-14)7-19-17-13(16-18-19)11-5-6-20-8-11/h5-6,8-10H,1-4,7H2. The number of hydrogen-bond acceptors (Lipinski definition) is 6. The van der Waals surface area contributed by atoms with Crippen LogP contribution in [0.25, 0.3) is 11.4 Å². The van der Waals surface area contributed by atoms with Crippen molar-refractivity contribution in [1.29, 1.82) is 0 Å². The van der Waals surface area contributed by atoms with Gasteiger partial charge in [-0.15, -0.1) is 21.5 Å². The number of tetrazole rings is 1. The van der Waals surface area contributed by atoms with E-state index in [-0.39, 0.29) is 0 Å². The summed E-state index contributed by atoms with van der Waals surface area (Å²) in [6, 6.07) is 2.01. The molecule has 3 heterocycles. The Morgan fingerprint density at radius 2 is 2.14 bits per heavy atom. The van der Waals surface area contributed by atoms with Crippen LogP contribution in [0.1, 0.15) is 42.3 Å². The lowest BCUT2D eigenvalue weighted by Crippen LogP contribution is -2.04. The van der Waals surface area contributed by atoms with Gasteiger partial charge in [0.15, 0.2) is 0 Å². The third kappa shape index (κ3) is 2.75. The van der Waals surface area contributed by atoms with Crippen molar-refractivity contribution < 1.29 is 0 Å². The molecule has 1 aliphatic carbocycles. The van der Waals surface area contributed by atoms with Gasteiger partial charge in [0.1, 0.15) is 6.54 Å². The molecule has 4 rings (SSSR count). The van der Waals surface area contributed by atoms with Crippen LogP contribution in [0.3, 0.4) is 0 Å². The second kappa shape index (κ2) is 5.65. The molecule has 3 aromatic rings. The maximum Gasteiger partial charge on any atom is 0.205 e. The van der Waals surface area contributed by atoms with Crippen molar-refractivity contribution in [3.8, 4) is 11.4 Å². The molecule has 0 aliphatic heterocycles. The molecule has 1 aliphatic rings. The first kappa shape index (κ1) is 13.1. The average Bonchev–Trinajstić information content (AvgIpc) is 3.28. The largest absolute Gasteiger partial charge is 0.244 e. The molecule has 0 N–H and O–H groups in total. The van der Waals surface area contributed by atoms with E-state index in [0.29, 0.717) is 18.3 Å². The number of hydrogen-bond donors (Lipinski definition) is 0. The summed E-state index contributed by atoms with van der Waals surface area (Å²) in [6.45, 7) is 0.598. The molecule has 5 nitrogen and oxygen atoms in total. The van der Waals surface area contributed by atoms with Crippen molar-refractivity contribution in [2.75, 3.05) is 0 Å². The maximum absolute atomic E-state index is 4.75. The monoisotopic (exact) mass is 317 g/mol. The van der Waals surface area contributed by atoms with Gasteiger partial charge in [-0.05, 0) is 29.5 Å². The number of thiazole rings is 1. The first-order valence-electron chi connectivity index (χ1n) is 7.13. The van der Waals surface area contributed by atoms with E-state index in [0.717, 1.165) is 11.3 Å². The van der Waals surface area contributed by atoms with Gasteiger partial charge in [0.2, 0.25) is 5.82 Å². The van der Waals surface area contributed by atoms with E-state index >= 15 is 0 Å². The van der Waals surface area contributed by atoms with Gasteiger partial charge in [0.05, 0.1) is 10.7 Å². The van der Waals surface area contributed by atoms with Crippen LogP contribution < -0.4 is 0 Å². The molecule has 0 saturated heterocycles. The molecule has 7 heteroatoms. The highest BCUT2D eigenvalue weighted by molar-refractivity contribution is 7.09.